The van der Waals surface area contributed by atoms with Crippen LogP contribution < -0.4 is 15.1 Å². The number of carbonyl (C=O) groups is 2. The van der Waals surface area contributed by atoms with Gasteiger partial charge in [-0.25, -0.2) is 0 Å². The van der Waals surface area contributed by atoms with E-state index in [9.17, 15) is 9.59 Å². The Hall–Kier alpha value is -4.06. The molecule has 0 radical (unpaired) electrons. The van der Waals surface area contributed by atoms with E-state index in [1.54, 1.807) is 4.90 Å². The zero-order chi connectivity index (χ0) is 24.5. The molecular weight excluding hydrogens is 436 g/mol. The van der Waals surface area contributed by atoms with E-state index in [-0.39, 0.29) is 11.8 Å². The Morgan fingerprint density at radius 1 is 1.06 bits per heavy atom. The lowest BCUT2D eigenvalue weighted by Crippen LogP contribution is -2.35. The lowest BCUT2D eigenvalue weighted by atomic mass is 9.94. The van der Waals surface area contributed by atoms with Crippen LogP contribution in [-0.4, -0.2) is 37.5 Å². The molecule has 1 aliphatic heterocycles. The van der Waals surface area contributed by atoms with Crippen molar-refractivity contribution < 1.29 is 9.59 Å². The molecule has 1 N–H and O–H groups in total. The summed E-state index contributed by atoms with van der Waals surface area (Å²) in [5, 5.41) is 5.39. The Balaban J connectivity index is 1.35. The maximum Gasteiger partial charge on any atom is 0.258 e. The van der Waals surface area contributed by atoms with Crippen molar-refractivity contribution in [3.8, 4) is 5.69 Å². The monoisotopic (exact) mass is 464 g/mol. The number of anilines is 2. The minimum atomic E-state index is -0.410. The van der Waals surface area contributed by atoms with Crippen LogP contribution in [0.15, 0.2) is 67.0 Å². The first-order valence-corrected chi connectivity index (χ1v) is 11.9. The van der Waals surface area contributed by atoms with Crippen molar-refractivity contribution in [3.63, 3.8) is 0 Å². The van der Waals surface area contributed by atoms with Crippen molar-refractivity contribution in [1.29, 1.82) is 0 Å². The normalized spacial score (nSPS) is 15.5. The molecule has 0 bridgehead atoms. The van der Waals surface area contributed by atoms with Crippen LogP contribution in [0.3, 0.4) is 0 Å². The highest BCUT2D eigenvalue weighted by atomic mass is 16.2. The third kappa shape index (κ3) is 3.24. The summed E-state index contributed by atoms with van der Waals surface area (Å²) in [6, 6.07) is 18.0. The highest BCUT2D eigenvalue weighted by Gasteiger charge is 2.47. The summed E-state index contributed by atoms with van der Waals surface area (Å²) in [7, 11) is 5.83. The van der Waals surface area contributed by atoms with E-state index >= 15 is 0 Å². The van der Waals surface area contributed by atoms with Gasteiger partial charge in [0.1, 0.15) is 0 Å². The SMILES string of the molecule is Cc1ccc(-n2ccc(N(C)C)c2)cc1C(=O)NC1(c2ccc3c4c(cccc24)C(=O)N3C)CC1. The lowest BCUT2D eigenvalue weighted by Gasteiger charge is -2.22. The molecule has 1 fully saturated rings. The van der Waals surface area contributed by atoms with E-state index in [2.05, 4.69) is 34.6 Å². The zero-order valence-electron chi connectivity index (χ0n) is 20.4. The summed E-state index contributed by atoms with van der Waals surface area (Å²) < 4.78 is 2.04. The van der Waals surface area contributed by atoms with Gasteiger partial charge in [0.05, 0.1) is 16.9 Å². The van der Waals surface area contributed by atoms with Gasteiger partial charge in [0.2, 0.25) is 0 Å². The van der Waals surface area contributed by atoms with Crippen molar-refractivity contribution in [1.82, 2.24) is 9.88 Å². The summed E-state index contributed by atoms with van der Waals surface area (Å²) in [6.07, 6.45) is 5.82. The molecule has 2 amide bonds. The second kappa shape index (κ2) is 7.47. The van der Waals surface area contributed by atoms with Gasteiger partial charge >= 0.3 is 0 Å². The number of aryl methyl sites for hydroxylation is 1. The molecule has 35 heavy (non-hydrogen) atoms. The highest BCUT2D eigenvalue weighted by Crippen LogP contribution is 2.50. The van der Waals surface area contributed by atoms with E-state index in [1.165, 1.54) is 0 Å². The van der Waals surface area contributed by atoms with Crippen molar-refractivity contribution >= 4 is 34.0 Å². The molecule has 6 rings (SSSR count). The Morgan fingerprint density at radius 3 is 2.57 bits per heavy atom. The number of benzene rings is 3. The maximum absolute atomic E-state index is 13.6. The number of hydrogen-bond acceptors (Lipinski definition) is 3. The molecule has 0 atom stereocenters. The first-order valence-electron chi connectivity index (χ1n) is 11.9. The molecular formula is C29H28N4O2. The Morgan fingerprint density at radius 2 is 1.86 bits per heavy atom. The molecule has 1 aliphatic carbocycles. The van der Waals surface area contributed by atoms with Crippen LogP contribution in [0, 0.1) is 6.92 Å². The Labute approximate surface area is 204 Å². The van der Waals surface area contributed by atoms with E-state index in [0.29, 0.717) is 5.56 Å². The van der Waals surface area contributed by atoms with Crippen LogP contribution in [0.1, 0.15) is 44.7 Å². The van der Waals surface area contributed by atoms with Gasteiger partial charge in [0.25, 0.3) is 11.8 Å². The van der Waals surface area contributed by atoms with Crippen LogP contribution in [0.5, 0.6) is 0 Å². The zero-order valence-corrected chi connectivity index (χ0v) is 20.4. The van der Waals surface area contributed by atoms with Crippen molar-refractivity contribution in [2.75, 3.05) is 30.9 Å². The summed E-state index contributed by atoms with van der Waals surface area (Å²) in [4.78, 5) is 30.0. The average molecular weight is 465 g/mol. The van der Waals surface area contributed by atoms with Gasteiger partial charge in [0, 0.05) is 55.7 Å². The van der Waals surface area contributed by atoms with Crippen LogP contribution >= 0.6 is 0 Å². The fourth-order valence-electron chi connectivity index (χ4n) is 5.25. The van der Waals surface area contributed by atoms with Crippen molar-refractivity contribution in [2.45, 2.75) is 25.3 Å². The van der Waals surface area contributed by atoms with Gasteiger partial charge in [-0.1, -0.05) is 24.3 Å². The predicted octanol–water partition coefficient (Wildman–Crippen LogP) is 5.01. The third-order valence-electron chi connectivity index (χ3n) is 7.49. The number of hydrogen-bond donors (Lipinski definition) is 1. The molecule has 0 unspecified atom stereocenters. The molecule has 3 aromatic carbocycles. The topological polar surface area (TPSA) is 57.6 Å². The minimum Gasteiger partial charge on any atom is -0.376 e. The third-order valence-corrected chi connectivity index (χ3v) is 7.49. The van der Waals surface area contributed by atoms with Gasteiger partial charge in [-0.05, 0) is 66.6 Å². The average Bonchev–Trinajstić information content (AvgIpc) is 3.35. The standard InChI is InChI=1S/C29H28N4O2/c1-18-8-9-19(33-15-12-20(17-33)31(2)3)16-23(18)27(34)30-29(13-14-29)24-10-11-25-26-21(24)6-5-7-22(26)28(35)32(25)4/h5-12,15-17H,13-14H2,1-4H3,(H,30,34). The number of carbonyl (C=O) groups excluding carboxylic acids is 2. The fraction of sp³-hybridized carbons (Fsp3) is 0.241. The molecule has 2 aliphatic rings. The van der Waals surface area contributed by atoms with Gasteiger partial charge in [-0.15, -0.1) is 0 Å². The summed E-state index contributed by atoms with van der Waals surface area (Å²) in [6.45, 7) is 1.97. The molecule has 1 saturated carbocycles. The molecule has 4 aromatic rings. The van der Waals surface area contributed by atoms with E-state index in [1.807, 2.05) is 75.2 Å². The number of nitrogens with zero attached hydrogens (tertiary/aromatic N) is 3. The number of aromatic nitrogens is 1. The molecule has 6 nitrogen and oxygen atoms in total. The quantitative estimate of drug-likeness (QED) is 0.452. The number of nitrogens with one attached hydrogen (secondary N) is 1. The van der Waals surface area contributed by atoms with Crippen LogP contribution in [0.2, 0.25) is 0 Å². The smallest absolute Gasteiger partial charge is 0.258 e. The molecule has 6 heteroatoms. The fourth-order valence-corrected chi connectivity index (χ4v) is 5.25. The minimum absolute atomic E-state index is 0.0199. The highest BCUT2D eigenvalue weighted by molar-refractivity contribution is 6.25. The first kappa shape index (κ1) is 21.5. The first-order chi connectivity index (χ1) is 16.8. The van der Waals surface area contributed by atoms with Crippen LogP contribution in [0.4, 0.5) is 11.4 Å². The van der Waals surface area contributed by atoms with Crippen LogP contribution in [0.25, 0.3) is 16.5 Å². The van der Waals surface area contributed by atoms with E-state index in [0.717, 1.165) is 57.4 Å². The van der Waals surface area contributed by atoms with Crippen molar-refractivity contribution in [3.05, 3.63) is 89.2 Å². The molecule has 2 heterocycles. The van der Waals surface area contributed by atoms with Gasteiger partial charge in [-0.2, -0.15) is 0 Å². The molecule has 0 saturated heterocycles. The second-order valence-electron chi connectivity index (χ2n) is 9.93. The second-order valence-corrected chi connectivity index (χ2v) is 9.93. The predicted molar refractivity (Wildman–Crippen MR) is 140 cm³/mol. The van der Waals surface area contributed by atoms with Gasteiger partial charge < -0.3 is 19.7 Å². The van der Waals surface area contributed by atoms with Gasteiger partial charge in [-0.3, -0.25) is 9.59 Å². The van der Waals surface area contributed by atoms with Crippen molar-refractivity contribution in [2.24, 2.45) is 0 Å². The van der Waals surface area contributed by atoms with Crippen LogP contribution in [-0.2, 0) is 5.54 Å². The summed E-state index contributed by atoms with van der Waals surface area (Å²) in [5.41, 5.74) is 6.01. The molecule has 176 valence electrons. The molecule has 0 spiro atoms. The molecule has 1 aromatic heterocycles. The number of amides is 2. The van der Waals surface area contributed by atoms with E-state index in [4.69, 9.17) is 0 Å². The Kier molecular flexibility index (Phi) is 4.58. The number of rotatable bonds is 5. The summed E-state index contributed by atoms with van der Waals surface area (Å²) >= 11 is 0. The largest absolute Gasteiger partial charge is 0.376 e. The Bertz CT molecular complexity index is 1530. The lowest BCUT2D eigenvalue weighted by molar-refractivity contribution is 0.0929. The van der Waals surface area contributed by atoms with E-state index < -0.39 is 5.54 Å². The summed E-state index contributed by atoms with van der Waals surface area (Å²) in [5.74, 6) is -0.0511. The van der Waals surface area contributed by atoms with Gasteiger partial charge in [0.15, 0.2) is 0 Å². The maximum atomic E-state index is 13.6.